The normalized spacial score (nSPS) is 14.6. The van der Waals surface area contributed by atoms with Crippen molar-refractivity contribution in [3.05, 3.63) is 0 Å². The van der Waals surface area contributed by atoms with E-state index >= 15 is 0 Å². The van der Waals surface area contributed by atoms with Gasteiger partial charge in [-0.25, -0.2) is 0 Å². The van der Waals surface area contributed by atoms with Gasteiger partial charge in [-0.05, 0) is 12.8 Å². The second-order valence-corrected chi connectivity index (χ2v) is 1.79. The number of aliphatic carboxylic acids is 1. The van der Waals surface area contributed by atoms with Crippen molar-refractivity contribution in [3.8, 4) is 0 Å². The van der Waals surface area contributed by atoms with Crippen LogP contribution in [-0.2, 0) is 4.79 Å². The van der Waals surface area contributed by atoms with Gasteiger partial charge in [0.25, 0.3) is 0 Å². The summed E-state index contributed by atoms with van der Waals surface area (Å²) in [5.41, 5.74) is 5.14. The molecule has 4 nitrogen and oxygen atoms in total. The van der Waals surface area contributed by atoms with Gasteiger partial charge in [0.15, 0.2) is 0 Å². The molecule has 4 N–H and O–H groups in total. The molecule has 0 aliphatic heterocycles. The van der Waals surface area contributed by atoms with Crippen LogP contribution in [-0.4, -0.2) is 30.3 Å². The molecular weight excluding hydrogens is 122 g/mol. The summed E-state index contributed by atoms with van der Waals surface area (Å²) in [7, 11) is 0. The highest BCUT2D eigenvalue weighted by atomic mass is 16.4. The minimum atomic E-state index is -1.01. The Hall–Kier alpha value is -0.610. The largest absolute Gasteiger partial charge is 0.480 e. The van der Waals surface area contributed by atoms with Crippen molar-refractivity contribution in [2.24, 2.45) is 5.73 Å². The Morgan fingerprint density at radius 1 is 1.89 bits per heavy atom. The molecule has 0 rings (SSSR count). The van der Waals surface area contributed by atoms with Crippen molar-refractivity contribution in [2.45, 2.75) is 18.9 Å². The Bertz CT molecular complexity index is 109. The standard InChI is InChI=1S/C5H11NO3/c6-4(5(8)9)2-1-3-7/h4,7H,1-3,6H2,(H,8,9)/t4-/m0/s1/i7D. The summed E-state index contributed by atoms with van der Waals surface area (Å²) < 4.78 is 6.27. The van der Waals surface area contributed by atoms with E-state index in [0.717, 1.165) is 0 Å². The van der Waals surface area contributed by atoms with Crippen molar-refractivity contribution in [1.82, 2.24) is 0 Å². The third-order valence-electron chi connectivity index (χ3n) is 0.977. The summed E-state index contributed by atoms with van der Waals surface area (Å²) in [6.07, 6.45) is 0.866. The number of nitrogens with two attached hydrogens (primary N) is 1. The average molecular weight is 134 g/mol. The topological polar surface area (TPSA) is 83.5 Å². The molecule has 0 saturated heterocycles. The van der Waals surface area contributed by atoms with Gasteiger partial charge in [0.2, 0.25) is 1.43 Å². The maximum Gasteiger partial charge on any atom is 0.320 e. The van der Waals surface area contributed by atoms with Crippen LogP contribution in [0.3, 0.4) is 0 Å². The fraction of sp³-hybridized carbons (Fsp3) is 0.800. The molecule has 0 saturated carbocycles. The molecule has 0 fully saturated rings. The number of hydrogen-bond donors (Lipinski definition) is 3. The van der Waals surface area contributed by atoms with E-state index in [-0.39, 0.29) is 6.61 Å². The molecule has 0 aliphatic rings. The average Bonchev–Trinajstić information content (AvgIpc) is 1.88. The van der Waals surface area contributed by atoms with Crippen molar-refractivity contribution in [2.75, 3.05) is 6.61 Å². The van der Waals surface area contributed by atoms with Gasteiger partial charge in [-0.3, -0.25) is 4.79 Å². The molecule has 0 aromatic carbocycles. The lowest BCUT2D eigenvalue weighted by Gasteiger charge is -2.02. The van der Waals surface area contributed by atoms with Crippen molar-refractivity contribution in [1.29, 1.82) is 1.43 Å². The van der Waals surface area contributed by atoms with E-state index in [1.807, 2.05) is 0 Å². The first-order chi connectivity index (χ1) is 4.68. The van der Waals surface area contributed by atoms with E-state index in [2.05, 4.69) is 5.11 Å². The Kier molecular flexibility index (Phi) is 3.10. The minimum Gasteiger partial charge on any atom is -0.480 e. The highest BCUT2D eigenvalue weighted by Gasteiger charge is 2.08. The van der Waals surface area contributed by atoms with Crippen LogP contribution in [0.15, 0.2) is 0 Å². The lowest BCUT2D eigenvalue weighted by Crippen LogP contribution is -2.29. The summed E-state index contributed by atoms with van der Waals surface area (Å²) in [5, 5.41) is 12.2. The first-order valence-electron chi connectivity index (χ1n) is 3.15. The van der Waals surface area contributed by atoms with E-state index in [4.69, 9.17) is 12.3 Å². The van der Waals surface area contributed by atoms with E-state index in [0.29, 0.717) is 12.8 Å². The Morgan fingerprint density at radius 3 is 3.00 bits per heavy atom. The summed E-state index contributed by atoms with van der Waals surface area (Å²) >= 11 is 0. The van der Waals surface area contributed by atoms with Crippen molar-refractivity contribution >= 4 is 5.97 Å². The fourth-order valence-electron chi connectivity index (χ4n) is 0.427. The third kappa shape index (κ3) is 3.93. The van der Waals surface area contributed by atoms with Crippen LogP contribution in [0.1, 0.15) is 12.8 Å². The highest BCUT2D eigenvalue weighted by molar-refractivity contribution is 5.72. The molecule has 9 heavy (non-hydrogen) atoms. The Balaban J connectivity index is 3.21. The van der Waals surface area contributed by atoms with Gasteiger partial charge in [0.05, 0.1) is 0 Å². The zero-order valence-electron chi connectivity index (χ0n) is 6.04. The number of carbonyl (C=O) groups is 1. The van der Waals surface area contributed by atoms with Crippen LogP contribution in [0.25, 0.3) is 0 Å². The van der Waals surface area contributed by atoms with Gasteiger partial charge in [-0.1, -0.05) is 0 Å². The first kappa shape index (κ1) is 6.51. The van der Waals surface area contributed by atoms with Gasteiger partial charge in [0, 0.05) is 6.61 Å². The molecule has 0 spiro atoms. The van der Waals surface area contributed by atoms with Crippen LogP contribution in [0.5, 0.6) is 0 Å². The molecule has 0 radical (unpaired) electrons. The van der Waals surface area contributed by atoms with Gasteiger partial charge in [0.1, 0.15) is 6.04 Å². The Labute approximate surface area is 54.8 Å². The maximum absolute atomic E-state index is 10.1. The highest BCUT2D eigenvalue weighted by Crippen LogP contribution is 1.91. The van der Waals surface area contributed by atoms with Crippen LogP contribution in [0.2, 0.25) is 0 Å². The molecule has 0 unspecified atom stereocenters. The summed E-state index contributed by atoms with van der Waals surface area (Å²) in [4.78, 5) is 10.1. The second-order valence-electron chi connectivity index (χ2n) is 1.79. The third-order valence-corrected chi connectivity index (χ3v) is 0.977. The summed E-state index contributed by atoms with van der Waals surface area (Å²) in [5.74, 6) is -1.01. The predicted molar refractivity (Wildman–Crippen MR) is 31.9 cm³/mol. The fourth-order valence-corrected chi connectivity index (χ4v) is 0.427. The van der Waals surface area contributed by atoms with Crippen molar-refractivity contribution in [3.63, 3.8) is 0 Å². The lowest BCUT2D eigenvalue weighted by atomic mass is 10.2. The quantitative estimate of drug-likeness (QED) is 0.428. The number of hydrogen-bond acceptors (Lipinski definition) is 3. The smallest absolute Gasteiger partial charge is 0.320 e. The van der Waals surface area contributed by atoms with Crippen LogP contribution < -0.4 is 5.73 Å². The first-order valence-corrected chi connectivity index (χ1v) is 2.75. The molecular formula is C5H11NO3. The zero-order chi connectivity index (χ0) is 7.98. The summed E-state index contributed by atoms with van der Waals surface area (Å²) in [6, 6.07) is -0.824. The SMILES string of the molecule is [2H]OCCC[C@H](N)C(=O)O. The van der Waals surface area contributed by atoms with E-state index in [1.54, 1.807) is 0 Å². The van der Waals surface area contributed by atoms with Crippen LogP contribution in [0, 0.1) is 0 Å². The molecule has 54 valence electrons. The lowest BCUT2D eigenvalue weighted by molar-refractivity contribution is -0.138. The van der Waals surface area contributed by atoms with Crippen LogP contribution in [0.4, 0.5) is 0 Å². The molecule has 0 bridgehead atoms. The number of carboxylic acid groups (broad SMARTS) is 1. The predicted octanol–water partition coefficient (Wildman–Crippen LogP) is -0.829. The van der Waals surface area contributed by atoms with Crippen molar-refractivity contribution < 1.29 is 15.0 Å². The molecule has 4 heteroatoms. The number of aliphatic hydroxyl groups excluding tert-OH is 1. The molecule has 0 aromatic heterocycles. The molecule has 0 aromatic rings. The monoisotopic (exact) mass is 134 g/mol. The Morgan fingerprint density at radius 2 is 2.56 bits per heavy atom. The van der Waals surface area contributed by atoms with Gasteiger partial charge in [-0.2, -0.15) is 0 Å². The van der Waals surface area contributed by atoms with Gasteiger partial charge < -0.3 is 15.9 Å². The molecule has 0 amide bonds. The minimum absolute atomic E-state index is 0.237. The molecule has 0 heterocycles. The number of rotatable bonds is 5. The second kappa shape index (κ2) is 4.29. The van der Waals surface area contributed by atoms with Gasteiger partial charge >= 0.3 is 5.97 Å². The zero-order valence-corrected chi connectivity index (χ0v) is 5.04. The number of aliphatic hydroxyl groups is 1. The molecule has 0 aliphatic carbocycles. The maximum atomic E-state index is 10.1. The summed E-state index contributed by atoms with van der Waals surface area (Å²) in [6.45, 7) is 0.237. The van der Waals surface area contributed by atoms with E-state index in [9.17, 15) is 4.79 Å². The van der Waals surface area contributed by atoms with Gasteiger partial charge in [-0.15, -0.1) is 0 Å². The van der Waals surface area contributed by atoms with E-state index < -0.39 is 12.0 Å². The van der Waals surface area contributed by atoms with E-state index in [1.165, 1.54) is 0 Å². The molecule has 1 atom stereocenters. The van der Waals surface area contributed by atoms with Crippen LogP contribution >= 0.6 is 0 Å². The number of carboxylic acids is 1.